The number of para-hydroxylation sites is 1. The second-order valence-electron chi connectivity index (χ2n) is 4.44. The minimum Gasteiger partial charge on any atom is -0.389 e. The van der Waals surface area contributed by atoms with Crippen molar-refractivity contribution < 1.29 is 0 Å². The van der Waals surface area contributed by atoms with E-state index in [1.807, 2.05) is 49.6 Å². The molecule has 0 bridgehead atoms. The van der Waals surface area contributed by atoms with Gasteiger partial charge in [0.1, 0.15) is 10.8 Å². The Kier molecular flexibility index (Phi) is 3.08. The van der Waals surface area contributed by atoms with Gasteiger partial charge in [-0.15, -0.1) is 0 Å². The fourth-order valence-corrected chi connectivity index (χ4v) is 2.23. The van der Waals surface area contributed by atoms with Crippen LogP contribution in [0.25, 0.3) is 10.9 Å². The molecular weight excluding hydrogens is 270 g/mol. The molecule has 0 spiro atoms. The quantitative estimate of drug-likeness (QED) is 0.722. The molecule has 2 aromatic heterocycles. The van der Waals surface area contributed by atoms with Crippen LogP contribution < -0.4 is 11.1 Å². The third-order valence-corrected chi connectivity index (χ3v) is 3.17. The SMILES string of the molecule is Cn1ccc(Nc2cc(C(N)=S)c3ccccc3n2)n1. The van der Waals surface area contributed by atoms with Crippen LogP contribution in [0.3, 0.4) is 0 Å². The Morgan fingerprint density at radius 2 is 2.05 bits per heavy atom. The van der Waals surface area contributed by atoms with Crippen molar-refractivity contribution in [3.05, 3.63) is 48.2 Å². The first-order valence-electron chi connectivity index (χ1n) is 6.10. The molecule has 5 nitrogen and oxygen atoms in total. The number of nitrogens with two attached hydrogens (primary N) is 1. The fourth-order valence-electron chi connectivity index (χ4n) is 2.06. The largest absolute Gasteiger partial charge is 0.389 e. The van der Waals surface area contributed by atoms with E-state index in [0.29, 0.717) is 10.8 Å². The van der Waals surface area contributed by atoms with Gasteiger partial charge in [0.25, 0.3) is 0 Å². The third-order valence-electron chi connectivity index (χ3n) is 2.95. The molecule has 0 amide bonds. The van der Waals surface area contributed by atoms with E-state index in [1.165, 1.54) is 0 Å². The number of hydrogen-bond acceptors (Lipinski definition) is 4. The van der Waals surface area contributed by atoms with Crippen LogP contribution in [-0.4, -0.2) is 19.8 Å². The van der Waals surface area contributed by atoms with Gasteiger partial charge in [0.2, 0.25) is 0 Å². The van der Waals surface area contributed by atoms with Crippen LogP contribution in [0.1, 0.15) is 5.56 Å². The summed E-state index contributed by atoms with van der Waals surface area (Å²) in [5.41, 5.74) is 7.46. The molecule has 20 heavy (non-hydrogen) atoms. The Balaban J connectivity index is 2.10. The summed E-state index contributed by atoms with van der Waals surface area (Å²) in [6.45, 7) is 0. The highest BCUT2D eigenvalue weighted by Crippen LogP contribution is 2.22. The van der Waals surface area contributed by atoms with Crippen molar-refractivity contribution in [2.24, 2.45) is 12.8 Å². The summed E-state index contributed by atoms with van der Waals surface area (Å²) in [5, 5.41) is 8.37. The standard InChI is InChI=1S/C14H13N5S/c1-19-7-6-12(18-19)17-13-8-10(14(15)20)9-4-2-3-5-11(9)16-13/h2-8H,1H3,(H2,15,20)(H,16,17,18). The van der Waals surface area contributed by atoms with E-state index in [-0.39, 0.29) is 0 Å². The number of nitrogens with zero attached hydrogens (tertiary/aromatic N) is 3. The lowest BCUT2D eigenvalue weighted by molar-refractivity contribution is 0.771. The maximum absolute atomic E-state index is 5.80. The van der Waals surface area contributed by atoms with Crippen LogP contribution in [-0.2, 0) is 7.05 Å². The van der Waals surface area contributed by atoms with Crippen LogP contribution in [0, 0.1) is 0 Å². The third kappa shape index (κ3) is 2.33. The summed E-state index contributed by atoms with van der Waals surface area (Å²) in [4.78, 5) is 4.90. The monoisotopic (exact) mass is 283 g/mol. The molecule has 3 N–H and O–H groups in total. The molecule has 2 heterocycles. The van der Waals surface area contributed by atoms with Gasteiger partial charge in [0.15, 0.2) is 5.82 Å². The molecule has 0 fully saturated rings. The highest BCUT2D eigenvalue weighted by Gasteiger charge is 2.08. The number of nitrogens with one attached hydrogen (secondary N) is 1. The van der Waals surface area contributed by atoms with Gasteiger partial charge in [-0.1, -0.05) is 30.4 Å². The van der Waals surface area contributed by atoms with Crippen molar-refractivity contribution in [3.8, 4) is 0 Å². The van der Waals surface area contributed by atoms with Gasteiger partial charge in [-0.25, -0.2) is 4.98 Å². The Morgan fingerprint density at radius 3 is 2.75 bits per heavy atom. The predicted molar refractivity (Wildman–Crippen MR) is 84.1 cm³/mol. The molecule has 0 saturated carbocycles. The van der Waals surface area contributed by atoms with E-state index in [4.69, 9.17) is 18.0 Å². The number of aryl methyl sites for hydroxylation is 1. The second kappa shape index (κ2) is 4.90. The van der Waals surface area contributed by atoms with Gasteiger partial charge in [-0.05, 0) is 12.1 Å². The van der Waals surface area contributed by atoms with E-state index < -0.39 is 0 Å². The highest BCUT2D eigenvalue weighted by molar-refractivity contribution is 7.80. The van der Waals surface area contributed by atoms with E-state index in [1.54, 1.807) is 4.68 Å². The number of rotatable bonds is 3. The van der Waals surface area contributed by atoms with Gasteiger partial charge in [0, 0.05) is 30.3 Å². The Labute approximate surface area is 121 Å². The lowest BCUT2D eigenvalue weighted by Gasteiger charge is -2.09. The summed E-state index contributed by atoms with van der Waals surface area (Å²) >= 11 is 5.12. The van der Waals surface area contributed by atoms with Crippen LogP contribution in [0.4, 0.5) is 11.6 Å². The van der Waals surface area contributed by atoms with Crippen LogP contribution in [0.2, 0.25) is 0 Å². The van der Waals surface area contributed by atoms with Crippen LogP contribution >= 0.6 is 12.2 Å². The summed E-state index contributed by atoms with van der Waals surface area (Å²) < 4.78 is 1.72. The van der Waals surface area contributed by atoms with E-state index in [2.05, 4.69) is 15.4 Å². The number of anilines is 2. The average molecular weight is 283 g/mol. The Hall–Kier alpha value is -2.47. The van der Waals surface area contributed by atoms with Crippen molar-refractivity contribution in [3.63, 3.8) is 0 Å². The summed E-state index contributed by atoms with van der Waals surface area (Å²) in [7, 11) is 1.86. The first-order valence-corrected chi connectivity index (χ1v) is 6.50. The highest BCUT2D eigenvalue weighted by atomic mass is 32.1. The maximum atomic E-state index is 5.80. The van der Waals surface area contributed by atoms with E-state index in [9.17, 15) is 0 Å². The smallest absolute Gasteiger partial charge is 0.153 e. The molecule has 100 valence electrons. The number of aromatic nitrogens is 3. The number of benzene rings is 1. The number of fused-ring (bicyclic) bond motifs is 1. The van der Waals surface area contributed by atoms with Crippen molar-refractivity contribution in [2.45, 2.75) is 0 Å². The molecule has 3 aromatic rings. The lowest BCUT2D eigenvalue weighted by Crippen LogP contribution is -2.11. The number of pyridine rings is 1. The Morgan fingerprint density at radius 1 is 1.25 bits per heavy atom. The molecule has 0 aliphatic carbocycles. The van der Waals surface area contributed by atoms with Gasteiger partial charge in [0.05, 0.1) is 5.52 Å². The van der Waals surface area contributed by atoms with Gasteiger partial charge in [-0.3, -0.25) is 4.68 Å². The molecule has 1 aromatic carbocycles. The number of hydrogen-bond donors (Lipinski definition) is 2. The van der Waals surface area contributed by atoms with E-state index in [0.717, 1.165) is 22.3 Å². The molecule has 0 aliphatic heterocycles. The topological polar surface area (TPSA) is 68.8 Å². The van der Waals surface area contributed by atoms with Crippen LogP contribution in [0.5, 0.6) is 0 Å². The van der Waals surface area contributed by atoms with Crippen molar-refractivity contribution in [2.75, 3.05) is 5.32 Å². The van der Waals surface area contributed by atoms with Crippen molar-refractivity contribution in [1.29, 1.82) is 0 Å². The van der Waals surface area contributed by atoms with Crippen LogP contribution in [0.15, 0.2) is 42.6 Å². The first kappa shape index (κ1) is 12.6. The minimum atomic E-state index is 0.354. The zero-order valence-electron chi connectivity index (χ0n) is 10.9. The minimum absolute atomic E-state index is 0.354. The zero-order valence-corrected chi connectivity index (χ0v) is 11.7. The molecule has 0 aliphatic rings. The molecule has 6 heteroatoms. The summed E-state index contributed by atoms with van der Waals surface area (Å²) in [5.74, 6) is 1.40. The van der Waals surface area contributed by atoms with Crippen molar-refractivity contribution in [1.82, 2.24) is 14.8 Å². The van der Waals surface area contributed by atoms with E-state index >= 15 is 0 Å². The molecule has 3 rings (SSSR count). The molecule has 0 atom stereocenters. The normalized spacial score (nSPS) is 10.7. The fraction of sp³-hybridized carbons (Fsp3) is 0.0714. The number of thiocarbonyl (C=S) groups is 1. The Bertz CT molecular complexity index is 793. The van der Waals surface area contributed by atoms with Crippen molar-refractivity contribution >= 4 is 39.7 Å². The summed E-state index contributed by atoms with van der Waals surface area (Å²) in [6, 6.07) is 11.5. The molecule has 0 unspecified atom stereocenters. The molecular formula is C14H13N5S. The maximum Gasteiger partial charge on any atom is 0.153 e. The average Bonchev–Trinajstić information content (AvgIpc) is 2.83. The molecule has 0 radical (unpaired) electrons. The van der Waals surface area contributed by atoms with Gasteiger partial charge in [-0.2, -0.15) is 5.10 Å². The van der Waals surface area contributed by atoms with Gasteiger partial charge >= 0.3 is 0 Å². The van der Waals surface area contributed by atoms with Gasteiger partial charge < -0.3 is 11.1 Å². The zero-order chi connectivity index (χ0) is 14.1. The predicted octanol–water partition coefficient (Wildman–Crippen LogP) is 2.35. The summed E-state index contributed by atoms with van der Waals surface area (Å²) in [6.07, 6.45) is 1.86. The molecule has 0 saturated heterocycles. The lowest BCUT2D eigenvalue weighted by atomic mass is 10.1. The second-order valence-corrected chi connectivity index (χ2v) is 4.88. The first-order chi connectivity index (χ1) is 9.63.